The number of pyridine rings is 1. The number of alkyl halides is 7. The molecular weight excluding hydrogens is 594 g/mol. The summed E-state index contributed by atoms with van der Waals surface area (Å²) in [5, 5.41) is 5.70. The summed E-state index contributed by atoms with van der Waals surface area (Å²) < 4.78 is 99.9. The number of carbonyl (C=O) groups excluding carboxylic acids is 1. The van der Waals surface area contributed by atoms with E-state index in [0.717, 1.165) is 6.20 Å². The fraction of sp³-hybridized carbons (Fsp3) is 0.333. The van der Waals surface area contributed by atoms with Crippen LogP contribution in [0, 0.1) is 0 Å². The minimum absolute atomic E-state index is 0.0283. The van der Waals surface area contributed by atoms with Gasteiger partial charge in [-0.05, 0) is 30.3 Å². The van der Waals surface area contributed by atoms with E-state index in [2.05, 4.69) is 15.2 Å². The molecule has 5 rings (SSSR count). The van der Waals surface area contributed by atoms with Crippen LogP contribution in [-0.4, -0.2) is 50.5 Å². The lowest BCUT2D eigenvalue weighted by Crippen LogP contribution is -2.59. The number of likely N-dealkylation sites (tertiary alicyclic amines) is 1. The summed E-state index contributed by atoms with van der Waals surface area (Å²) in [4.78, 5) is 22.3. The van der Waals surface area contributed by atoms with Crippen molar-refractivity contribution in [2.45, 2.75) is 36.6 Å². The smallest absolute Gasteiger partial charge is 0.374 e. The Hall–Kier alpha value is -3.39. The summed E-state index contributed by atoms with van der Waals surface area (Å²) >= 11 is 11.3. The number of hydrogen-bond acceptors (Lipinski definition) is 5. The van der Waals surface area contributed by atoms with E-state index >= 15 is 4.39 Å². The molecular formula is C24H16Cl2F7N5O2. The topological polar surface area (TPSA) is 72.6 Å². The monoisotopic (exact) mass is 609 g/mol. The van der Waals surface area contributed by atoms with Gasteiger partial charge in [0.05, 0.1) is 46.5 Å². The standard InChI is InChI=1S/C24H16Cl2F7N5O2/c25-16-7-14(6-15(20(16)26)23(28,29)30)22(24(31,32)33)8-17(36-40-22)13-2-3-18(34-9-13)21(27)11-37(12-21)19(39)10-38-5-1-4-35-38/h1-7,9H,8,10-12H2. The first-order valence-corrected chi connectivity index (χ1v) is 12.2. The Morgan fingerprint density at radius 2 is 1.82 bits per heavy atom. The van der Waals surface area contributed by atoms with Gasteiger partial charge in [0.15, 0.2) is 5.67 Å². The van der Waals surface area contributed by atoms with Crippen molar-refractivity contribution in [3.05, 3.63) is 81.4 Å². The fourth-order valence-corrected chi connectivity index (χ4v) is 4.88. The number of amides is 1. The predicted molar refractivity (Wildman–Crippen MR) is 127 cm³/mol. The second-order valence-corrected chi connectivity index (χ2v) is 10.1. The average molecular weight is 610 g/mol. The van der Waals surface area contributed by atoms with Gasteiger partial charge in [-0.3, -0.25) is 14.5 Å². The van der Waals surface area contributed by atoms with E-state index in [0.29, 0.717) is 6.07 Å². The van der Waals surface area contributed by atoms with Gasteiger partial charge in [0, 0.05) is 29.7 Å². The SMILES string of the molecule is O=C(Cn1cccn1)N1CC(F)(c2ccc(C3=NOC(c4cc(Cl)c(Cl)c(C(F)(F)F)c4)(C(F)(F)F)C3)cn2)C1. The molecule has 1 fully saturated rings. The van der Waals surface area contributed by atoms with E-state index in [1.807, 2.05) is 0 Å². The maximum Gasteiger partial charge on any atom is 0.435 e. The van der Waals surface area contributed by atoms with E-state index in [-0.39, 0.29) is 48.6 Å². The molecule has 7 nitrogen and oxygen atoms in total. The van der Waals surface area contributed by atoms with Gasteiger partial charge in [-0.25, -0.2) is 4.39 Å². The van der Waals surface area contributed by atoms with Crippen LogP contribution in [0.2, 0.25) is 10.0 Å². The van der Waals surface area contributed by atoms with Gasteiger partial charge in [0.1, 0.15) is 6.54 Å². The molecule has 3 aromatic rings. The van der Waals surface area contributed by atoms with Crippen LogP contribution in [0.15, 0.2) is 54.1 Å². The van der Waals surface area contributed by atoms with Crippen molar-refractivity contribution < 1.29 is 40.4 Å². The summed E-state index contributed by atoms with van der Waals surface area (Å²) in [5.41, 5.74) is -8.08. The molecule has 1 amide bonds. The van der Waals surface area contributed by atoms with Crippen molar-refractivity contribution in [2.24, 2.45) is 5.16 Å². The third kappa shape index (κ3) is 4.87. The Bertz CT molecular complexity index is 1470. The molecule has 0 spiro atoms. The molecule has 212 valence electrons. The van der Waals surface area contributed by atoms with Crippen molar-refractivity contribution in [3.8, 4) is 0 Å². The van der Waals surface area contributed by atoms with Gasteiger partial charge in [-0.1, -0.05) is 28.4 Å². The molecule has 0 N–H and O–H groups in total. The van der Waals surface area contributed by atoms with E-state index < -0.39 is 51.2 Å². The minimum atomic E-state index is -5.22. The second kappa shape index (κ2) is 9.61. The van der Waals surface area contributed by atoms with E-state index in [9.17, 15) is 31.1 Å². The van der Waals surface area contributed by atoms with Gasteiger partial charge < -0.3 is 9.74 Å². The highest BCUT2D eigenvalue weighted by Gasteiger charge is 2.63. The third-order valence-electron chi connectivity index (χ3n) is 6.63. The zero-order valence-corrected chi connectivity index (χ0v) is 21.4. The molecule has 2 aliphatic rings. The normalized spacial score (nSPS) is 20.6. The number of aromatic nitrogens is 3. The van der Waals surface area contributed by atoms with E-state index in [4.69, 9.17) is 28.0 Å². The number of rotatable bonds is 5. The highest BCUT2D eigenvalue weighted by molar-refractivity contribution is 6.42. The first kappa shape index (κ1) is 28.1. The molecule has 1 aromatic carbocycles. The molecule has 4 heterocycles. The zero-order valence-electron chi connectivity index (χ0n) is 19.9. The number of oxime groups is 1. The molecule has 1 atom stereocenters. The molecule has 0 bridgehead atoms. The Morgan fingerprint density at radius 1 is 1.10 bits per heavy atom. The van der Waals surface area contributed by atoms with Crippen molar-refractivity contribution >= 4 is 34.8 Å². The summed E-state index contributed by atoms with van der Waals surface area (Å²) in [7, 11) is 0. The number of halogens is 9. The second-order valence-electron chi connectivity index (χ2n) is 9.30. The fourth-order valence-electron chi connectivity index (χ4n) is 4.45. The van der Waals surface area contributed by atoms with E-state index in [1.165, 1.54) is 27.9 Å². The van der Waals surface area contributed by atoms with E-state index in [1.54, 1.807) is 12.3 Å². The first-order valence-electron chi connectivity index (χ1n) is 11.4. The molecule has 0 saturated carbocycles. The van der Waals surface area contributed by atoms with Gasteiger partial charge >= 0.3 is 12.4 Å². The summed E-state index contributed by atoms with van der Waals surface area (Å²) in [6.07, 6.45) is -7.15. The van der Waals surface area contributed by atoms with Crippen molar-refractivity contribution in [3.63, 3.8) is 0 Å². The van der Waals surface area contributed by atoms with Crippen LogP contribution in [0.4, 0.5) is 30.7 Å². The number of benzene rings is 1. The van der Waals surface area contributed by atoms with Crippen molar-refractivity contribution in [2.75, 3.05) is 13.1 Å². The quantitative estimate of drug-likeness (QED) is 0.338. The summed E-state index contributed by atoms with van der Waals surface area (Å²) in [6.45, 7) is -0.626. The largest absolute Gasteiger partial charge is 0.435 e. The predicted octanol–water partition coefficient (Wildman–Crippen LogP) is 5.89. The third-order valence-corrected chi connectivity index (χ3v) is 7.44. The van der Waals surface area contributed by atoms with Crippen LogP contribution in [0.1, 0.15) is 28.8 Å². The number of nitrogens with zero attached hydrogens (tertiary/aromatic N) is 5. The van der Waals surface area contributed by atoms with Crippen LogP contribution >= 0.6 is 23.2 Å². The average Bonchev–Trinajstić information content (AvgIpc) is 3.54. The highest BCUT2D eigenvalue weighted by atomic mass is 35.5. The molecule has 0 aliphatic carbocycles. The zero-order chi connectivity index (χ0) is 29.1. The Balaban J connectivity index is 1.34. The van der Waals surface area contributed by atoms with Gasteiger partial charge in [-0.2, -0.15) is 31.4 Å². The molecule has 1 unspecified atom stereocenters. The van der Waals surface area contributed by atoms with Crippen LogP contribution in [-0.2, 0) is 33.6 Å². The van der Waals surface area contributed by atoms with Gasteiger partial charge in [-0.15, -0.1) is 0 Å². The maximum absolute atomic E-state index is 15.3. The van der Waals surface area contributed by atoms with Crippen molar-refractivity contribution in [1.29, 1.82) is 0 Å². The molecule has 40 heavy (non-hydrogen) atoms. The maximum atomic E-state index is 15.3. The van der Waals surface area contributed by atoms with Crippen LogP contribution in [0.3, 0.4) is 0 Å². The van der Waals surface area contributed by atoms with Crippen LogP contribution < -0.4 is 0 Å². The highest BCUT2D eigenvalue weighted by Crippen LogP contribution is 2.51. The number of hydrogen-bond donors (Lipinski definition) is 0. The summed E-state index contributed by atoms with van der Waals surface area (Å²) in [6, 6.07) is 5.01. The van der Waals surface area contributed by atoms with Gasteiger partial charge in [0.2, 0.25) is 5.91 Å². The Kier molecular flexibility index (Phi) is 6.77. The van der Waals surface area contributed by atoms with Crippen LogP contribution in [0.25, 0.3) is 0 Å². The minimum Gasteiger partial charge on any atom is -0.374 e. The molecule has 16 heteroatoms. The Morgan fingerprint density at radius 3 is 2.40 bits per heavy atom. The molecule has 1 saturated heterocycles. The first-order chi connectivity index (χ1) is 18.6. The summed E-state index contributed by atoms with van der Waals surface area (Å²) in [5.74, 6) is -0.356. The lowest BCUT2D eigenvalue weighted by atomic mass is 9.85. The molecule has 2 aromatic heterocycles. The van der Waals surface area contributed by atoms with Crippen LogP contribution in [0.5, 0.6) is 0 Å². The lowest BCUT2D eigenvalue weighted by Gasteiger charge is -2.43. The number of carbonyl (C=O) groups is 1. The molecule has 0 radical (unpaired) electrons. The molecule has 2 aliphatic heterocycles. The lowest BCUT2D eigenvalue weighted by molar-refractivity contribution is -0.276. The Labute approximate surface area is 231 Å². The van der Waals surface area contributed by atoms with Crippen molar-refractivity contribution in [1.82, 2.24) is 19.7 Å². The van der Waals surface area contributed by atoms with Gasteiger partial charge in [0.25, 0.3) is 5.60 Å².